The lowest BCUT2D eigenvalue weighted by Gasteiger charge is -2.16. The zero-order chi connectivity index (χ0) is 13.5. The first kappa shape index (κ1) is 14.5. The van der Waals surface area contributed by atoms with Gasteiger partial charge in [0.05, 0.1) is 0 Å². The van der Waals surface area contributed by atoms with Crippen molar-refractivity contribution in [2.45, 2.75) is 12.5 Å². The molecule has 0 aliphatic heterocycles. The number of carbonyl (C=O) groups excluding carboxylic acids is 2. The van der Waals surface area contributed by atoms with Crippen molar-refractivity contribution in [1.29, 1.82) is 0 Å². The summed E-state index contributed by atoms with van der Waals surface area (Å²) in [5.74, 6) is -1.01. The molecule has 0 radical (unpaired) electrons. The summed E-state index contributed by atoms with van der Waals surface area (Å²) >= 11 is 5.98. The van der Waals surface area contributed by atoms with Crippen molar-refractivity contribution in [3.8, 4) is 0 Å². The monoisotopic (exact) mass is 270 g/mol. The standard InChI is InChI=1S/C12H15ClN2O3/c1-18-7-11(16)15-10(12(14)17)6-8-4-2-3-5-9(8)13/h2-5,10H,6-7H2,1H3,(H2,14,17)(H,15,16)/t10-/m1/s1. The molecule has 0 spiro atoms. The van der Waals surface area contributed by atoms with E-state index in [2.05, 4.69) is 10.1 Å². The molecule has 6 heteroatoms. The van der Waals surface area contributed by atoms with Gasteiger partial charge in [-0.2, -0.15) is 0 Å². The van der Waals surface area contributed by atoms with Crippen LogP contribution in [0.15, 0.2) is 24.3 Å². The minimum absolute atomic E-state index is 0.119. The predicted molar refractivity (Wildman–Crippen MR) is 68.2 cm³/mol. The van der Waals surface area contributed by atoms with Crippen LogP contribution >= 0.6 is 11.6 Å². The van der Waals surface area contributed by atoms with E-state index < -0.39 is 17.9 Å². The highest BCUT2D eigenvalue weighted by Gasteiger charge is 2.19. The number of halogens is 1. The lowest BCUT2D eigenvalue weighted by molar-refractivity contribution is -0.129. The third kappa shape index (κ3) is 4.35. The SMILES string of the molecule is COCC(=O)N[C@H](Cc1ccccc1Cl)C(N)=O. The van der Waals surface area contributed by atoms with Crippen molar-refractivity contribution in [2.24, 2.45) is 5.73 Å². The molecule has 0 saturated carbocycles. The summed E-state index contributed by atoms with van der Waals surface area (Å²) in [4.78, 5) is 22.6. The summed E-state index contributed by atoms with van der Waals surface area (Å²) in [6.45, 7) is -0.119. The van der Waals surface area contributed by atoms with Crippen LogP contribution in [-0.4, -0.2) is 31.6 Å². The van der Waals surface area contributed by atoms with E-state index in [1.807, 2.05) is 0 Å². The van der Waals surface area contributed by atoms with Crippen molar-refractivity contribution in [3.63, 3.8) is 0 Å². The van der Waals surface area contributed by atoms with Gasteiger partial charge >= 0.3 is 0 Å². The van der Waals surface area contributed by atoms with Crippen LogP contribution in [0.3, 0.4) is 0 Å². The van der Waals surface area contributed by atoms with Gasteiger partial charge in [-0.25, -0.2) is 0 Å². The Bertz CT molecular complexity index is 437. The number of hydrogen-bond acceptors (Lipinski definition) is 3. The van der Waals surface area contributed by atoms with Gasteiger partial charge in [0, 0.05) is 18.6 Å². The summed E-state index contributed by atoms with van der Waals surface area (Å²) in [6.07, 6.45) is 0.254. The van der Waals surface area contributed by atoms with Gasteiger partial charge in [0.1, 0.15) is 12.6 Å². The van der Waals surface area contributed by atoms with Crippen molar-refractivity contribution in [1.82, 2.24) is 5.32 Å². The van der Waals surface area contributed by atoms with Crippen LogP contribution in [0.4, 0.5) is 0 Å². The molecule has 5 nitrogen and oxygen atoms in total. The Balaban J connectivity index is 2.72. The van der Waals surface area contributed by atoms with Gasteiger partial charge in [0.25, 0.3) is 0 Å². The highest BCUT2D eigenvalue weighted by molar-refractivity contribution is 6.31. The van der Waals surface area contributed by atoms with E-state index in [0.29, 0.717) is 5.02 Å². The molecule has 0 aromatic heterocycles. The van der Waals surface area contributed by atoms with E-state index in [1.54, 1.807) is 24.3 Å². The number of nitrogens with one attached hydrogen (secondary N) is 1. The quantitative estimate of drug-likeness (QED) is 0.790. The summed E-state index contributed by atoms with van der Waals surface area (Å²) in [6, 6.07) is 6.28. The molecule has 1 atom stereocenters. The number of hydrogen-bond donors (Lipinski definition) is 2. The normalized spacial score (nSPS) is 11.9. The zero-order valence-electron chi connectivity index (χ0n) is 9.98. The van der Waals surface area contributed by atoms with Gasteiger partial charge in [0.15, 0.2) is 0 Å². The first-order chi connectivity index (χ1) is 8.54. The number of primary amides is 1. The van der Waals surface area contributed by atoms with Gasteiger partial charge in [-0.1, -0.05) is 29.8 Å². The van der Waals surface area contributed by atoms with Crippen LogP contribution < -0.4 is 11.1 Å². The van der Waals surface area contributed by atoms with Gasteiger partial charge in [0.2, 0.25) is 11.8 Å². The predicted octanol–water partition coefficient (Wildman–Crippen LogP) is 0.499. The van der Waals surface area contributed by atoms with Crippen molar-refractivity contribution in [2.75, 3.05) is 13.7 Å². The number of amides is 2. The number of methoxy groups -OCH3 is 1. The summed E-state index contributed by atoms with van der Waals surface area (Å²) in [5.41, 5.74) is 5.99. The van der Waals surface area contributed by atoms with Crippen LogP contribution in [0, 0.1) is 0 Å². The van der Waals surface area contributed by atoms with E-state index in [9.17, 15) is 9.59 Å². The molecule has 0 bridgehead atoms. The molecular weight excluding hydrogens is 256 g/mol. The molecule has 0 fully saturated rings. The average Bonchev–Trinajstić information content (AvgIpc) is 2.31. The van der Waals surface area contributed by atoms with E-state index >= 15 is 0 Å². The second-order valence-electron chi connectivity index (χ2n) is 3.75. The largest absolute Gasteiger partial charge is 0.375 e. The van der Waals surface area contributed by atoms with Gasteiger partial charge < -0.3 is 15.8 Å². The molecule has 1 aromatic carbocycles. The third-order valence-corrected chi connectivity index (χ3v) is 2.70. The van der Waals surface area contributed by atoms with Crippen LogP contribution in [0.1, 0.15) is 5.56 Å². The molecule has 1 aromatic rings. The number of benzene rings is 1. The minimum Gasteiger partial charge on any atom is -0.375 e. The van der Waals surface area contributed by atoms with E-state index in [-0.39, 0.29) is 13.0 Å². The Hall–Kier alpha value is -1.59. The lowest BCUT2D eigenvalue weighted by atomic mass is 10.1. The number of nitrogens with two attached hydrogens (primary N) is 1. The molecule has 0 saturated heterocycles. The number of ether oxygens (including phenoxy) is 1. The summed E-state index contributed by atoms with van der Waals surface area (Å²) in [7, 11) is 1.40. The van der Waals surface area contributed by atoms with E-state index in [0.717, 1.165) is 5.56 Å². The van der Waals surface area contributed by atoms with Gasteiger partial charge in [-0.05, 0) is 11.6 Å². The molecule has 1 rings (SSSR count). The molecule has 18 heavy (non-hydrogen) atoms. The van der Waals surface area contributed by atoms with E-state index in [1.165, 1.54) is 7.11 Å². The van der Waals surface area contributed by atoms with Crippen LogP contribution in [0.2, 0.25) is 5.02 Å². The molecule has 2 amide bonds. The fourth-order valence-corrected chi connectivity index (χ4v) is 1.69. The molecule has 3 N–H and O–H groups in total. The van der Waals surface area contributed by atoms with Crippen LogP contribution in [0.25, 0.3) is 0 Å². The Kier molecular flexibility index (Phi) is 5.61. The van der Waals surface area contributed by atoms with E-state index in [4.69, 9.17) is 17.3 Å². The number of carbonyl (C=O) groups is 2. The average molecular weight is 271 g/mol. The van der Waals surface area contributed by atoms with Crippen LogP contribution in [0.5, 0.6) is 0 Å². The summed E-state index contributed by atoms with van der Waals surface area (Å²) < 4.78 is 4.67. The summed E-state index contributed by atoms with van der Waals surface area (Å²) in [5, 5.41) is 3.03. The Morgan fingerprint density at radius 1 is 1.44 bits per heavy atom. The molecule has 0 unspecified atom stereocenters. The maximum Gasteiger partial charge on any atom is 0.246 e. The van der Waals surface area contributed by atoms with Crippen molar-refractivity contribution in [3.05, 3.63) is 34.9 Å². The highest BCUT2D eigenvalue weighted by Crippen LogP contribution is 2.16. The zero-order valence-corrected chi connectivity index (χ0v) is 10.7. The molecule has 0 aliphatic rings. The minimum atomic E-state index is -0.799. The second-order valence-corrected chi connectivity index (χ2v) is 4.16. The van der Waals surface area contributed by atoms with Gasteiger partial charge in [-0.3, -0.25) is 9.59 Å². The lowest BCUT2D eigenvalue weighted by Crippen LogP contribution is -2.47. The number of rotatable bonds is 6. The first-order valence-electron chi connectivity index (χ1n) is 5.35. The highest BCUT2D eigenvalue weighted by atomic mass is 35.5. The smallest absolute Gasteiger partial charge is 0.246 e. The van der Waals surface area contributed by atoms with Crippen molar-refractivity contribution >= 4 is 23.4 Å². The second kappa shape index (κ2) is 6.98. The maximum atomic E-state index is 11.4. The fourth-order valence-electron chi connectivity index (χ4n) is 1.47. The Morgan fingerprint density at radius 2 is 2.11 bits per heavy atom. The third-order valence-electron chi connectivity index (χ3n) is 2.34. The molecular formula is C12H15ClN2O3. The topological polar surface area (TPSA) is 81.4 Å². The maximum absolute atomic E-state index is 11.4. The molecule has 0 aliphatic carbocycles. The fraction of sp³-hybridized carbons (Fsp3) is 0.333. The van der Waals surface area contributed by atoms with Crippen LogP contribution in [-0.2, 0) is 20.7 Å². The Labute approximate surface area is 110 Å². The molecule has 98 valence electrons. The van der Waals surface area contributed by atoms with Gasteiger partial charge in [-0.15, -0.1) is 0 Å². The van der Waals surface area contributed by atoms with Crippen molar-refractivity contribution < 1.29 is 14.3 Å². The Morgan fingerprint density at radius 3 is 2.67 bits per heavy atom. The molecule has 0 heterocycles. The first-order valence-corrected chi connectivity index (χ1v) is 5.73.